The van der Waals surface area contributed by atoms with Crippen molar-refractivity contribution < 1.29 is 9.63 Å². The fraction of sp³-hybridized carbons (Fsp3) is 0.0870. The molecule has 144 valence electrons. The third-order valence-corrected chi connectivity index (χ3v) is 5.29. The van der Waals surface area contributed by atoms with Crippen LogP contribution in [0.25, 0.3) is 22.3 Å². The maximum absolute atomic E-state index is 13.1. The second kappa shape index (κ2) is 7.64. The van der Waals surface area contributed by atoms with E-state index in [1.807, 2.05) is 38.1 Å². The zero-order valence-electron chi connectivity index (χ0n) is 15.8. The van der Waals surface area contributed by atoms with Crippen molar-refractivity contribution in [2.45, 2.75) is 13.8 Å². The highest BCUT2D eigenvalue weighted by molar-refractivity contribution is 9.10. The van der Waals surface area contributed by atoms with Crippen LogP contribution in [-0.4, -0.2) is 15.7 Å². The predicted molar refractivity (Wildman–Crippen MR) is 116 cm³/mol. The molecule has 3 aromatic carbocycles. The second-order valence-corrected chi connectivity index (χ2v) is 7.65. The molecule has 0 saturated carbocycles. The molecule has 5 nitrogen and oxygen atoms in total. The number of benzene rings is 3. The van der Waals surface area contributed by atoms with Crippen molar-refractivity contribution in [2.75, 3.05) is 0 Å². The Morgan fingerprint density at radius 1 is 0.966 bits per heavy atom. The fourth-order valence-electron chi connectivity index (χ4n) is 2.99. The van der Waals surface area contributed by atoms with Gasteiger partial charge in [-0.25, -0.2) is 9.78 Å². The first-order valence-corrected chi connectivity index (χ1v) is 9.81. The van der Waals surface area contributed by atoms with Gasteiger partial charge in [-0.1, -0.05) is 46.3 Å². The normalized spacial score (nSPS) is 10.9. The van der Waals surface area contributed by atoms with Gasteiger partial charge in [0, 0.05) is 10.0 Å². The molecule has 4 aromatic rings. The summed E-state index contributed by atoms with van der Waals surface area (Å²) >= 11 is 3.40. The van der Waals surface area contributed by atoms with E-state index >= 15 is 0 Å². The van der Waals surface area contributed by atoms with E-state index in [1.54, 1.807) is 42.5 Å². The first-order chi connectivity index (χ1) is 13.9. The predicted octanol–water partition coefficient (Wildman–Crippen LogP) is 4.71. The number of hydrogen-bond acceptors (Lipinski definition) is 4. The number of carbonyl (C=O) groups excluding carboxylic acids is 1. The molecule has 0 N–H and O–H groups in total. The van der Waals surface area contributed by atoms with E-state index in [4.69, 9.17) is 4.84 Å². The van der Waals surface area contributed by atoms with Crippen LogP contribution in [-0.2, 0) is 0 Å². The lowest BCUT2D eigenvalue weighted by Gasteiger charge is -2.13. The van der Waals surface area contributed by atoms with E-state index in [2.05, 4.69) is 20.9 Å². The average molecular weight is 449 g/mol. The first kappa shape index (κ1) is 19.1. The summed E-state index contributed by atoms with van der Waals surface area (Å²) in [5.74, 6) is -0.357. The number of aryl methyl sites for hydroxylation is 2. The van der Waals surface area contributed by atoms with Crippen LogP contribution in [0.2, 0.25) is 0 Å². The van der Waals surface area contributed by atoms with Crippen molar-refractivity contribution in [2.24, 2.45) is 0 Å². The Morgan fingerprint density at radius 3 is 2.41 bits per heavy atom. The molecule has 29 heavy (non-hydrogen) atoms. The second-order valence-electron chi connectivity index (χ2n) is 6.74. The van der Waals surface area contributed by atoms with E-state index < -0.39 is 11.5 Å². The molecule has 0 aliphatic rings. The van der Waals surface area contributed by atoms with Crippen molar-refractivity contribution in [1.29, 1.82) is 0 Å². The first-order valence-electron chi connectivity index (χ1n) is 9.02. The number of aromatic nitrogens is 2. The van der Waals surface area contributed by atoms with Crippen molar-refractivity contribution in [3.8, 4) is 11.4 Å². The summed E-state index contributed by atoms with van der Waals surface area (Å²) in [6.07, 6.45) is 0. The molecule has 0 unspecified atom stereocenters. The minimum absolute atomic E-state index is 0.262. The van der Waals surface area contributed by atoms with Crippen LogP contribution < -0.4 is 10.4 Å². The van der Waals surface area contributed by atoms with E-state index in [-0.39, 0.29) is 5.82 Å². The molecule has 0 atom stereocenters. The molecular weight excluding hydrogens is 432 g/mol. The van der Waals surface area contributed by atoms with Gasteiger partial charge in [0.05, 0.1) is 16.5 Å². The largest absolute Gasteiger partial charge is 0.363 e. The molecule has 0 aliphatic heterocycles. The number of rotatable bonds is 3. The molecule has 6 heteroatoms. The highest BCUT2D eigenvalue weighted by Gasteiger charge is 2.18. The molecule has 0 aliphatic carbocycles. The van der Waals surface area contributed by atoms with Crippen molar-refractivity contribution in [3.63, 3.8) is 0 Å². The summed E-state index contributed by atoms with van der Waals surface area (Å²) in [5.41, 5.74) is 3.16. The molecule has 0 saturated heterocycles. The quantitative estimate of drug-likeness (QED) is 0.455. The molecular formula is C23H17BrN2O3. The van der Waals surface area contributed by atoms with Gasteiger partial charge in [-0.15, -0.1) is 4.73 Å². The Kier molecular flexibility index (Phi) is 5.03. The van der Waals surface area contributed by atoms with E-state index in [0.29, 0.717) is 22.0 Å². The smallest absolute Gasteiger partial charge is 0.326 e. The van der Waals surface area contributed by atoms with Crippen LogP contribution in [0.15, 0.2) is 76.0 Å². The number of fused-ring (bicyclic) bond motifs is 1. The molecule has 1 heterocycles. The minimum atomic E-state index is -0.620. The lowest BCUT2D eigenvalue weighted by Crippen LogP contribution is -2.33. The molecule has 0 radical (unpaired) electrons. The van der Waals surface area contributed by atoms with E-state index in [0.717, 1.165) is 20.3 Å². The van der Waals surface area contributed by atoms with E-state index in [1.165, 1.54) is 0 Å². The zero-order chi connectivity index (χ0) is 20.5. The van der Waals surface area contributed by atoms with Gasteiger partial charge in [-0.05, 0) is 61.4 Å². The number of hydrogen-bond donors (Lipinski definition) is 0. The maximum Gasteiger partial charge on any atom is 0.363 e. The number of para-hydroxylation sites is 1. The summed E-state index contributed by atoms with van der Waals surface area (Å²) in [4.78, 5) is 36.0. The summed E-state index contributed by atoms with van der Waals surface area (Å²) in [6, 6.07) is 19.6. The number of carbonyl (C=O) groups is 1. The van der Waals surface area contributed by atoms with Crippen LogP contribution in [0.1, 0.15) is 21.5 Å². The van der Waals surface area contributed by atoms with Crippen LogP contribution in [0, 0.1) is 13.8 Å². The lowest BCUT2D eigenvalue weighted by molar-refractivity contribution is 0.0449. The molecule has 4 rings (SSSR count). The van der Waals surface area contributed by atoms with Gasteiger partial charge in [-0.2, -0.15) is 0 Å². The summed E-state index contributed by atoms with van der Waals surface area (Å²) < 4.78 is 1.87. The van der Waals surface area contributed by atoms with Crippen molar-refractivity contribution in [3.05, 3.63) is 98.2 Å². The lowest BCUT2D eigenvalue weighted by atomic mass is 10.1. The van der Waals surface area contributed by atoms with Gasteiger partial charge in [-0.3, -0.25) is 4.79 Å². The summed E-state index contributed by atoms with van der Waals surface area (Å²) in [6.45, 7) is 3.89. The highest BCUT2D eigenvalue weighted by atomic mass is 79.9. The highest BCUT2D eigenvalue weighted by Crippen LogP contribution is 2.21. The SMILES string of the molecule is Cc1ccc(C(=O)On2c(-c3ccc(Br)cc3)nc3ccccc3c2=O)cc1C. The maximum atomic E-state index is 13.1. The Morgan fingerprint density at radius 2 is 1.69 bits per heavy atom. The third kappa shape index (κ3) is 3.71. The summed E-state index contributed by atoms with van der Waals surface area (Å²) in [7, 11) is 0. The number of nitrogens with zero attached hydrogens (tertiary/aromatic N) is 2. The molecule has 0 fully saturated rings. The van der Waals surface area contributed by atoms with Gasteiger partial charge in [0.1, 0.15) is 0 Å². The Balaban J connectivity index is 1.87. The Hall–Kier alpha value is -3.25. The minimum Gasteiger partial charge on any atom is -0.326 e. The van der Waals surface area contributed by atoms with Gasteiger partial charge >= 0.3 is 5.97 Å². The standard InChI is InChI=1S/C23H17BrN2O3/c1-14-7-8-17(13-15(14)2)23(28)29-26-21(16-9-11-18(24)12-10-16)25-20-6-4-3-5-19(20)22(26)27/h3-13H,1-2H3. The Labute approximate surface area is 175 Å². The monoisotopic (exact) mass is 448 g/mol. The van der Waals surface area contributed by atoms with Gasteiger partial charge < -0.3 is 4.84 Å². The molecule has 1 aromatic heterocycles. The zero-order valence-corrected chi connectivity index (χ0v) is 17.4. The molecule has 0 spiro atoms. The Bertz CT molecular complexity index is 1290. The van der Waals surface area contributed by atoms with Gasteiger partial charge in [0.2, 0.25) is 0 Å². The molecule has 0 amide bonds. The third-order valence-electron chi connectivity index (χ3n) is 4.76. The van der Waals surface area contributed by atoms with E-state index in [9.17, 15) is 9.59 Å². The van der Waals surface area contributed by atoms with Crippen molar-refractivity contribution in [1.82, 2.24) is 9.71 Å². The molecule has 0 bridgehead atoms. The number of halogens is 1. The summed E-state index contributed by atoms with van der Waals surface area (Å²) in [5, 5.41) is 0.376. The van der Waals surface area contributed by atoms with Crippen LogP contribution in [0.4, 0.5) is 0 Å². The van der Waals surface area contributed by atoms with Gasteiger partial charge in [0.15, 0.2) is 5.82 Å². The van der Waals surface area contributed by atoms with Crippen LogP contribution in [0.3, 0.4) is 0 Å². The average Bonchev–Trinajstić information content (AvgIpc) is 2.72. The van der Waals surface area contributed by atoms with Crippen molar-refractivity contribution >= 4 is 32.8 Å². The topological polar surface area (TPSA) is 61.2 Å². The fourth-order valence-corrected chi connectivity index (χ4v) is 3.25. The van der Waals surface area contributed by atoms with Crippen LogP contribution >= 0.6 is 15.9 Å². The van der Waals surface area contributed by atoms with Gasteiger partial charge in [0.25, 0.3) is 5.56 Å². The van der Waals surface area contributed by atoms with Crippen LogP contribution in [0.5, 0.6) is 0 Å².